The number of nitro groups is 1. The van der Waals surface area contributed by atoms with Crippen LogP contribution >= 0.6 is 11.8 Å². The molecule has 0 fully saturated rings. The van der Waals surface area contributed by atoms with E-state index in [1.54, 1.807) is 48.4 Å². The Hall–Kier alpha value is -3.12. The van der Waals surface area contributed by atoms with Gasteiger partial charge >= 0.3 is 0 Å². The lowest BCUT2D eigenvalue weighted by atomic mass is 10.2. The molecule has 2 rings (SSSR count). The summed E-state index contributed by atoms with van der Waals surface area (Å²) in [6, 6.07) is 10.3. The lowest BCUT2D eigenvalue weighted by molar-refractivity contribution is -0.384. The lowest BCUT2D eigenvalue weighted by Gasteiger charge is -2.07. The molecule has 0 spiro atoms. The highest BCUT2D eigenvalue weighted by Gasteiger charge is 2.04. The summed E-state index contributed by atoms with van der Waals surface area (Å²) in [5, 5.41) is 25.1. The van der Waals surface area contributed by atoms with Gasteiger partial charge in [-0.25, -0.2) is 0 Å². The van der Waals surface area contributed by atoms with Crippen LogP contribution < -0.4 is 10.6 Å². The van der Waals surface area contributed by atoms with E-state index < -0.39 is 0 Å². The van der Waals surface area contributed by atoms with E-state index in [-0.39, 0.29) is 10.6 Å². The van der Waals surface area contributed by atoms with Gasteiger partial charge in [0.1, 0.15) is 0 Å². The van der Waals surface area contributed by atoms with Crippen molar-refractivity contribution in [2.75, 3.05) is 17.6 Å². The van der Waals surface area contributed by atoms with E-state index in [4.69, 9.17) is 5.26 Å². The van der Waals surface area contributed by atoms with Crippen molar-refractivity contribution < 1.29 is 4.92 Å². The zero-order chi connectivity index (χ0) is 20.0. The normalized spacial score (nSPS) is 10.9. The standard InChI is InChI=1S/C19H22N6O2S/c20-15-23-19(24-16-9-12-21-13-10-16)22-11-3-1-2-4-14-28-18-7-5-17(6-8-18)25(26)27/h5-10,12-13H,1-4,11,14H2,(H2,21,22,23,24). The Kier molecular flexibility index (Phi) is 9.31. The van der Waals surface area contributed by atoms with Crippen LogP contribution in [0.3, 0.4) is 0 Å². The molecule has 1 heterocycles. The predicted molar refractivity (Wildman–Crippen MR) is 111 cm³/mol. The van der Waals surface area contributed by atoms with Crippen LogP contribution in [0.4, 0.5) is 11.4 Å². The molecule has 0 aliphatic carbocycles. The van der Waals surface area contributed by atoms with Crippen molar-refractivity contribution in [3.8, 4) is 6.19 Å². The molecule has 1 aromatic carbocycles. The molecule has 0 atom stereocenters. The number of pyridine rings is 1. The third-order valence-electron chi connectivity index (χ3n) is 3.76. The van der Waals surface area contributed by atoms with Gasteiger partial charge in [-0.05, 0) is 42.9 Å². The lowest BCUT2D eigenvalue weighted by Crippen LogP contribution is -2.27. The second kappa shape index (κ2) is 12.3. The first-order valence-electron chi connectivity index (χ1n) is 8.93. The molecule has 0 bridgehead atoms. The number of nitrogens with one attached hydrogen (secondary N) is 2. The van der Waals surface area contributed by atoms with Crippen molar-refractivity contribution in [2.45, 2.75) is 30.6 Å². The number of nitrogens with zero attached hydrogens (tertiary/aromatic N) is 4. The molecule has 0 saturated carbocycles. The molecule has 146 valence electrons. The van der Waals surface area contributed by atoms with Crippen molar-refractivity contribution in [2.24, 2.45) is 4.99 Å². The highest BCUT2D eigenvalue weighted by molar-refractivity contribution is 7.99. The minimum atomic E-state index is -0.388. The minimum absolute atomic E-state index is 0.119. The van der Waals surface area contributed by atoms with Gasteiger partial charge in [-0.3, -0.25) is 25.4 Å². The molecule has 0 aliphatic rings. The molecular formula is C19H22N6O2S. The average molecular weight is 398 g/mol. The average Bonchev–Trinajstić information content (AvgIpc) is 2.71. The number of non-ortho nitro benzene ring substituents is 1. The molecule has 2 N–H and O–H groups in total. The van der Waals surface area contributed by atoms with Gasteiger partial charge in [-0.1, -0.05) is 12.8 Å². The molecule has 8 nitrogen and oxygen atoms in total. The fourth-order valence-electron chi connectivity index (χ4n) is 2.35. The van der Waals surface area contributed by atoms with Gasteiger partial charge in [-0.2, -0.15) is 5.26 Å². The number of hydrogen-bond acceptors (Lipinski definition) is 6. The number of aliphatic imine (C=N–C) groups is 1. The summed E-state index contributed by atoms with van der Waals surface area (Å²) in [6.07, 6.45) is 9.38. The fourth-order valence-corrected chi connectivity index (χ4v) is 3.26. The largest absolute Gasteiger partial charge is 0.325 e. The molecule has 9 heteroatoms. The minimum Gasteiger partial charge on any atom is -0.325 e. The zero-order valence-electron chi connectivity index (χ0n) is 15.4. The van der Waals surface area contributed by atoms with E-state index in [9.17, 15) is 10.1 Å². The summed E-state index contributed by atoms with van der Waals surface area (Å²) < 4.78 is 0. The molecule has 0 saturated heterocycles. The first kappa shape index (κ1) is 21.2. The number of rotatable bonds is 10. The highest BCUT2D eigenvalue weighted by atomic mass is 32.2. The Balaban J connectivity index is 1.60. The van der Waals surface area contributed by atoms with Gasteiger partial charge in [-0.15, -0.1) is 11.8 Å². The van der Waals surface area contributed by atoms with E-state index >= 15 is 0 Å². The van der Waals surface area contributed by atoms with Crippen LogP contribution in [-0.2, 0) is 0 Å². The molecule has 0 aliphatic heterocycles. The molecule has 0 radical (unpaired) electrons. The summed E-state index contributed by atoms with van der Waals surface area (Å²) in [5.74, 6) is 1.41. The Morgan fingerprint density at radius 2 is 1.86 bits per heavy atom. The van der Waals surface area contributed by atoms with Crippen molar-refractivity contribution >= 4 is 29.1 Å². The van der Waals surface area contributed by atoms with Crippen molar-refractivity contribution in [3.63, 3.8) is 0 Å². The molecule has 1 aromatic heterocycles. The van der Waals surface area contributed by atoms with Crippen LogP contribution in [0.25, 0.3) is 0 Å². The van der Waals surface area contributed by atoms with E-state index in [1.165, 1.54) is 12.1 Å². The maximum Gasteiger partial charge on any atom is 0.269 e. The van der Waals surface area contributed by atoms with Crippen molar-refractivity contribution in [1.82, 2.24) is 10.3 Å². The van der Waals surface area contributed by atoms with Gasteiger partial charge in [0.25, 0.3) is 5.69 Å². The number of guanidine groups is 1. The van der Waals surface area contributed by atoms with Gasteiger partial charge in [0.15, 0.2) is 6.19 Å². The number of unbranched alkanes of at least 4 members (excludes halogenated alkanes) is 3. The van der Waals surface area contributed by atoms with Crippen LogP contribution in [-0.4, -0.2) is 28.2 Å². The number of nitriles is 1. The van der Waals surface area contributed by atoms with Crippen LogP contribution in [0.5, 0.6) is 0 Å². The van der Waals surface area contributed by atoms with Crippen LogP contribution in [0.15, 0.2) is 58.7 Å². The summed E-state index contributed by atoms with van der Waals surface area (Å²) in [4.78, 5) is 19.6. The maximum absolute atomic E-state index is 10.6. The van der Waals surface area contributed by atoms with Crippen LogP contribution in [0.1, 0.15) is 25.7 Å². The van der Waals surface area contributed by atoms with E-state index in [1.807, 2.05) is 6.19 Å². The number of thioether (sulfide) groups is 1. The smallest absolute Gasteiger partial charge is 0.269 e. The SMILES string of the molecule is N#CNC(=NCCCCCCSc1ccc([N+](=O)[O-])cc1)Nc1ccncc1. The number of hydrogen-bond donors (Lipinski definition) is 2. The van der Waals surface area contributed by atoms with E-state index in [0.29, 0.717) is 12.5 Å². The molecule has 0 unspecified atom stereocenters. The maximum atomic E-state index is 10.6. The Bertz CT molecular complexity index is 805. The third kappa shape index (κ3) is 8.05. The number of aromatic nitrogens is 1. The monoisotopic (exact) mass is 398 g/mol. The summed E-state index contributed by atoms with van der Waals surface area (Å²) in [6.45, 7) is 0.637. The quantitative estimate of drug-likeness (QED) is 0.0901. The number of nitro benzene ring substituents is 1. The summed E-state index contributed by atoms with van der Waals surface area (Å²) in [5.41, 5.74) is 0.938. The van der Waals surface area contributed by atoms with Crippen molar-refractivity contribution in [3.05, 3.63) is 58.9 Å². The molecule has 28 heavy (non-hydrogen) atoms. The first-order valence-corrected chi connectivity index (χ1v) is 9.91. The zero-order valence-corrected chi connectivity index (χ0v) is 16.2. The van der Waals surface area contributed by atoms with Gasteiger partial charge < -0.3 is 5.32 Å². The van der Waals surface area contributed by atoms with Crippen LogP contribution in [0.2, 0.25) is 0 Å². The van der Waals surface area contributed by atoms with Gasteiger partial charge in [0.2, 0.25) is 5.96 Å². The third-order valence-corrected chi connectivity index (χ3v) is 4.85. The highest BCUT2D eigenvalue weighted by Crippen LogP contribution is 2.22. The van der Waals surface area contributed by atoms with Crippen LogP contribution in [0, 0.1) is 21.6 Å². The molecular weight excluding hydrogens is 376 g/mol. The van der Waals surface area contributed by atoms with Gasteiger partial charge in [0.05, 0.1) is 4.92 Å². The number of anilines is 1. The Morgan fingerprint density at radius 1 is 1.14 bits per heavy atom. The predicted octanol–water partition coefficient (Wildman–Crippen LogP) is 4.18. The number of benzene rings is 1. The molecule has 0 amide bonds. The Labute approximate surface area is 168 Å². The second-order valence-corrected chi connectivity index (χ2v) is 7.01. The van der Waals surface area contributed by atoms with E-state index in [2.05, 4.69) is 20.6 Å². The van der Waals surface area contributed by atoms with E-state index in [0.717, 1.165) is 42.0 Å². The molecule has 2 aromatic rings. The summed E-state index contributed by atoms with van der Waals surface area (Å²) in [7, 11) is 0. The van der Waals surface area contributed by atoms with Gasteiger partial charge in [0, 0.05) is 41.7 Å². The summed E-state index contributed by atoms with van der Waals surface area (Å²) >= 11 is 1.71. The fraction of sp³-hybridized carbons (Fsp3) is 0.316. The second-order valence-electron chi connectivity index (χ2n) is 5.84. The topological polar surface area (TPSA) is 116 Å². The van der Waals surface area contributed by atoms with Crippen molar-refractivity contribution in [1.29, 1.82) is 5.26 Å². The first-order chi connectivity index (χ1) is 13.7. The Morgan fingerprint density at radius 3 is 2.54 bits per heavy atom.